The molecule has 34 heavy (non-hydrogen) atoms. The SMILES string of the molecule is C=CCC1/C(=C\CSN2CCN(C)CC2)C2(CCN(C(C)O)C2)CN1C(=O)NC1=NCCCC1. The molecule has 0 bridgehead atoms. The van der Waals surface area contributed by atoms with Crippen LogP contribution in [-0.4, -0.2) is 113 Å². The highest BCUT2D eigenvalue weighted by Crippen LogP contribution is 2.48. The van der Waals surface area contributed by atoms with E-state index in [9.17, 15) is 9.90 Å². The Kier molecular flexibility index (Phi) is 8.74. The number of hydrogen-bond donors (Lipinski definition) is 2. The lowest BCUT2D eigenvalue weighted by Crippen LogP contribution is -2.46. The van der Waals surface area contributed by atoms with Gasteiger partial charge in [-0.05, 0) is 45.2 Å². The smallest absolute Gasteiger partial charge is 0.323 e. The van der Waals surface area contributed by atoms with Gasteiger partial charge in [-0.3, -0.25) is 15.2 Å². The number of carbonyl (C=O) groups excluding carboxylic acids is 1. The first kappa shape index (κ1) is 25.7. The minimum absolute atomic E-state index is 0.00345. The highest BCUT2D eigenvalue weighted by atomic mass is 32.2. The number of likely N-dealkylation sites (tertiary alicyclic amines) is 2. The number of likely N-dealkylation sites (N-methyl/N-ethyl adjacent to an activating group) is 1. The number of amides is 2. The lowest BCUT2D eigenvalue weighted by atomic mass is 9.79. The van der Waals surface area contributed by atoms with Gasteiger partial charge < -0.3 is 14.9 Å². The summed E-state index contributed by atoms with van der Waals surface area (Å²) in [5, 5.41) is 13.4. The van der Waals surface area contributed by atoms with Crippen molar-refractivity contribution < 1.29 is 9.90 Å². The Bertz CT molecular complexity index is 794. The van der Waals surface area contributed by atoms with Gasteiger partial charge in [-0.25, -0.2) is 9.10 Å². The van der Waals surface area contributed by atoms with Gasteiger partial charge in [0.05, 0.1) is 6.04 Å². The van der Waals surface area contributed by atoms with Crippen LogP contribution in [0.1, 0.15) is 39.0 Å². The molecule has 4 aliphatic heterocycles. The second kappa shape index (κ2) is 11.6. The molecule has 0 aliphatic carbocycles. The topological polar surface area (TPSA) is 74.7 Å². The summed E-state index contributed by atoms with van der Waals surface area (Å²) in [5.74, 6) is 1.73. The van der Waals surface area contributed by atoms with Gasteiger partial charge in [-0.2, -0.15) is 0 Å². The van der Waals surface area contributed by atoms with E-state index in [4.69, 9.17) is 0 Å². The Labute approximate surface area is 209 Å². The van der Waals surface area contributed by atoms with E-state index in [0.717, 1.165) is 89.5 Å². The first-order valence-corrected chi connectivity index (χ1v) is 13.8. The van der Waals surface area contributed by atoms with Crippen molar-refractivity contribution in [2.75, 3.05) is 65.2 Å². The van der Waals surface area contributed by atoms with E-state index in [-0.39, 0.29) is 17.5 Å². The normalized spacial score (nSPS) is 31.3. The number of aliphatic hydroxyl groups is 1. The molecule has 1 spiro atoms. The highest BCUT2D eigenvalue weighted by Gasteiger charge is 2.53. The van der Waals surface area contributed by atoms with Crippen LogP contribution in [0, 0.1) is 5.41 Å². The molecule has 2 amide bonds. The minimum Gasteiger partial charge on any atom is -0.379 e. The molecule has 4 aliphatic rings. The van der Waals surface area contributed by atoms with Gasteiger partial charge in [0.25, 0.3) is 0 Å². The molecule has 4 heterocycles. The summed E-state index contributed by atoms with van der Waals surface area (Å²) in [6.07, 6.45) is 8.56. The van der Waals surface area contributed by atoms with Crippen molar-refractivity contribution in [2.45, 2.75) is 51.3 Å². The van der Waals surface area contributed by atoms with E-state index in [1.165, 1.54) is 5.57 Å². The lowest BCUT2D eigenvalue weighted by molar-refractivity contribution is 0.0305. The molecule has 0 aromatic carbocycles. The summed E-state index contributed by atoms with van der Waals surface area (Å²) in [6, 6.07) is -0.0405. The maximum absolute atomic E-state index is 13.4. The number of aliphatic imine (C=N–C) groups is 1. The second-order valence-corrected chi connectivity index (χ2v) is 11.3. The fraction of sp³-hybridized carbons (Fsp3) is 0.760. The largest absolute Gasteiger partial charge is 0.379 e. The Hall–Kier alpha value is -1.39. The Balaban J connectivity index is 1.53. The third kappa shape index (κ3) is 5.87. The Morgan fingerprint density at radius 2 is 2.09 bits per heavy atom. The van der Waals surface area contributed by atoms with Gasteiger partial charge in [0.2, 0.25) is 0 Å². The van der Waals surface area contributed by atoms with E-state index in [1.807, 2.05) is 29.8 Å². The van der Waals surface area contributed by atoms with Gasteiger partial charge in [0.1, 0.15) is 12.1 Å². The molecule has 3 unspecified atom stereocenters. The molecule has 0 radical (unpaired) electrons. The zero-order valence-corrected chi connectivity index (χ0v) is 21.7. The number of aliphatic hydroxyl groups excluding tert-OH is 1. The maximum Gasteiger partial charge on any atom is 0.323 e. The van der Waals surface area contributed by atoms with Gasteiger partial charge in [0, 0.05) is 69.9 Å². The fourth-order valence-corrected chi connectivity index (χ4v) is 6.65. The number of piperazine rings is 1. The number of urea groups is 1. The Morgan fingerprint density at radius 1 is 1.29 bits per heavy atom. The molecule has 0 aromatic rings. The summed E-state index contributed by atoms with van der Waals surface area (Å²) >= 11 is 1.90. The van der Waals surface area contributed by atoms with Crippen LogP contribution in [0.15, 0.2) is 29.3 Å². The molecule has 3 atom stereocenters. The molecule has 8 nitrogen and oxygen atoms in total. The number of nitrogens with zero attached hydrogens (tertiary/aromatic N) is 5. The van der Waals surface area contributed by atoms with Crippen LogP contribution in [0.2, 0.25) is 0 Å². The van der Waals surface area contributed by atoms with E-state index in [0.29, 0.717) is 6.54 Å². The van der Waals surface area contributed by atoms with Crippen molar-refractivity contribution in [3.63, 3.8) is 0 Å². The summed E-state index contributed by atoms with van der Waals surface area (Å²) in [7, 11) is 2.18. The number of rotatable bonds is 6. The molecule has 0 saturated carbocycles. The molecule has 190 valence electrons. The van der Waals surface area contributed by atoms with Crippen molar-refractivity contribution in [2.24, 2.45) is 10.4 Å². The summed E-state index contributed by atoms with van der Waals surface area (Å²) < 4.78 is 2.46. The van der Waals surface area contributed by atoms with E-state index < -0.39 is 6.23 Å². The zero-order chi connectivity index (χ0) is 24.1. The van der Waals surface area contributed by atoms with Gasteiger partial charge in [-0.1, -0.05) is 24.1 Å². The minimum atomic E-state index is -0.474. The fourth-order valence-electron chi connectivity index (χ4n) is 5.76. The molecule has 2 N–H and O–H groups in total. The van der Waals surface area contributed by atoms with Crippen LogP contribution in [0.5, 0.6) is 0 Å². The lowest BCUT2D eigenvalue weighted by Gasteiger charge is -2.31. The maximum atomic E-state index is 13.4. The monoisotopic (exact) mass is 490 g/mol. The standard InChI is InChI=1S/C25H42N6O2S/c1-4-7-22-21(9-17-34-30-15-13-28(3)14-16-30)25(10-12-29(18-25)20(2)32)19-31(22)24(33)27-23-8-5-6-11-26-23/h4,9,20,22,32H,1,5-8,10-19H2,2-3H3,(H,26,27,33)/b21-9+. The van der Waals surface area contributed by atoms with Crippen molar-refractivity contribution in [3.8, 4) is 0 Å². The van der Waals surface area contributed by atoms with Gasteiger partial charge in [0.15, 0.2) is 0 Å². The van der Waals surface area contributed by atoms with Crippen LogP contribution in [0.25, 0.3) is 0 Å². The average molecular weight is 491 g/mol. The van der Waals surface area contributed by atoms with Crippen molar-refractivity contribution >= 4 is 23.8 Å². The number of carbonyl (C=O) groups is 1. The molecule has 4 rings (SSSR count). The molecular weight excluding hydrogens is 448 g/mol. The predicted molar refractivity (Wildman–Crippen MR) is 140 cm³/mol. The first-order valence-electron chi connectivity index (χ1n) is 12.8. The molecule has 3 saturated heterocycles. The third-order valence-corrected chi connectivity index (χ3v) is 8.83. The predicted octanol–water partition coefficient (Wildman–Crippen LogP) is 2.39. The molecule has 9 heteroatoms. The van der Waals surface area contributed by atoms with Crippen LogP contribution < -0.4 is 5.32 Å². The van der Waals surface area contributed by atoms with E-state index in [2.05, 4.69) is 44.1 Å². The number of nitrogens with one attached hydrogen (secondary N) is 1. The molecule has 0 aromatic heterocycles. The van der Waals surface area contributed by atoms with Gasteiger partial charge >= 0.3 is 6.03 Å². The van der Waals surface area contributed by atoms with Crippen molar-refractivity contribution in [3.05, 3.63) is 24.3 Å². The molecular formula is C25H42N6O2S. The van der Waals surface area contributed by atoms with Crippen molar-refractivity contribution in [1.82, 2.24) is 24.3 Å². The number of hydrogen-bond acceptors (Lipinski definition) is 7. The Morgan fingerprint density at radius 3 is 2.74 bits per heavy atom. The zero-order valence-electron chi connectivity index (χ0n) is 20.9. The summed E-state index contributed by atoms with van der Waals surface area (Å²) in [5.41, 5.74) is 1.23. The van der Waals surface area contributed by atoms with E-state index in [1.54, 1.807) is 0 Å². The second-order valence-electron chi connectivity index (χ2n) is 10.2. The van der Waals surface area contributed by atoms with Crippen LogP contribution in [0.4, 0.5) is 4.79 Å². The number of amidine groups is 1. The third-order valence-electron chi connectivity index (χ3n) is 7.78. The summed E-state index contributed by atoms with van der Waals surface area (Å²) in [4.78, 5) is 24.5. The first-order chi connectivity index (χ1) is 16.4. The van der Waals surface area contributed by atoms with Crippen molar-refractivity contribution in [1.29, 1.82) is 0 Å². The van der Waals surface area contributed by atoms with Gasteiger partial charge in [-0.15, -0.1) is 6.58 Å². The quantitative estimate of drug-likeness (QED) is 0.440. The van der Waals surface area contributed by atoms with Crippen LogP contribution in [0.3, 0.4) is 0 Å². The van der Waals surface area contributed by atoms with Crippen LogP contribution in [-0.2, 0) is 0 Å². The molecule has 3 fully saturated rings. The average Bonchev–Trinajstić information content (AvgIpc) is 3.39. The highest BCUT2D eigenvalue weighted by molar-refractivity contribution is 7.97. The summed E-state index contributed by atoms with van der Waals surface area (Å²) in [6.45, 7) is 13.3. The van der Waals surface area contributed by atoms with E-state index >= 15 is 0 Å². The van der Waals surface area contributed by atoms with Crippen LogP contribution >= 0.6 is 11.9 Å².